The number of hydrogen-bond donors (Lipinski definition) is 1. The van der Waals surface area contributed by atoms with E-state index in [0.29, 0.717) is 62.8 Å². The lowest BCUT2D eigenvalue weighted by Crippen LogP contribution is -2.53. The van der Waals surface area contributed by atoms with Gasteiger partial charge in [0.05, 0.1) is 11.9 Å². The van der Waals surface area contributed by atoms with Gasteiger partial charge in [0.15, 0.2) is 0 Å². The average Bonchev–Trinajstić information content (AvgIpc) is 3.72. The highest BCUT2D eigenvalue weighted by atomic mass is 19.1. The summed E-state index contributed by atoms with van der Waals surface area (Å²) in [6, 6.07) is 2.10. The van der Waals surface area contributed by atoms with Gasteiger partial charge in [0.2, 0.25) is 5.91 Å². The first-order valence-corrected chi connectivity index (χ1v) is 16.4. The number of urea groups is 1. The van der Waals surface area contributed by atoms with Crippen LogP contribution in [0.4, 0.5) is 19.7 Å². The van der Waals surface area contributed by atoms with Crippen LogP contribution in [-0.4, -0.2) is 87.9 Å². The van der Waals surface area contributed by atoms with Crippen molar-refractivity contribution < 1.29 is 23.5 Å². The van der Waals surface area contributed by atoms with Crippen molar-refractivity contribution in [3.05, 3.63) is 24.0 Å². The maximum Gasteiger partial charge on any atom is 0.410 e. The molecular formula is C33H45FN6O4. The Morgan fingerprint density at radius 3 is 2.41 bits per heavy atom. The molecule has 2 saturated carbocycles. The zero-order chi connectivity index (χ0) is 30.9. The lowest BCUT2D eigenvalue weighted by atomic mass is 9.60. The Balaban J connectivity index is 0.955. The number of likely N-dealkylation sites (tertiary alicyclic amines) is 2. The third kappa shape index (κ3) is 5.79. The zero-order valence-corrected chi connectivity index (χ0v) is 26.2. The van der Waals surface area contributed by atoms with Gasteiger partial charge in [-0.2, -0.15) is 0 Å². The first-order valence-electron chi connectivity index (χ1n) is 16.4. The van der Waals surface area contributed by atoms with Crippen molar-refractivity contribution in [1.29, 1.82) is 0 Å². The van der Waals surface area contributed by atoms with Gasteiger partial charge < -0.3 is 19.1 Å². The van der Waals surface area contributed by atoms with Gasteiger partial charge in [-0.3, -0.25) is 15.0 Å². The number of halogens is 1. The number of amides is 4. The van der Waals surface area contributed by atoms with E-state index >= 15 is 4.39 Å². The third-order valence-electron chi connectivity index (χ3n) is 10.5. The lowest BCUT2D eigenvalue weighted by molar-refractivity contribution is -0.120. The van der Waals surface area contributed by atoms with Gasteiger partial charge in [0, 0.05) is 63.1 Å². The normalized spacial score (nSPS) is 24.5. The maximum absolute atomic E-state index is 15.8. The van der Waals surface area contributed by atoms with E-state index in [-0.39, 0.29) is 18.0 Å². The quantitative estimate of drug-likeness (QED) is 0.480. The molecule has 1 spiro atoms. The number of aromatic nitrogens is 2. The van der Waals surface area contributed by atoms with Crippen LogP contribution in [0.25, 0.3) is 11.0 Å². The van der Waals surface area contributed by atoms with Gasteiger partial charge >= 0.3 is 12.1 Å². The minimum Gasteiger partial charge on any atom is -0.444 e. The standard InChI is InChI=1S/C33H45FN6O4/c1-31(2,3)44-30(43)38-14-9-33(34,10-15-38)21-37-12-7-32(8-13-37)17-24(18-32)40-20-26(22-4-5-22)25-16-23(19-35-28(25)40)39-11-6-27(41)36-29(39)42/h16,19-20,22,24H,4-15,17-18,21H2,1-3H3,(H,36,41,42). The summed E-state index contributed by atoms with van der Waals surface area (Å²) in [6.07, 6.45) is 11.5. The van der Waals surface area contributed by atoms with Gasteiger partial charge in [0.1, 0.15) is 16.9 Å². The fourth-order valence-corrected chi connectivity index (χ4v) is 7.81. The number of pyridine rings is 1. The summed E-state index contributed by atoms with van der Waals surface area (Å²) in [7, 11) is 0. The Hall–Kier alpha value is -3.21. The molecule has 5 fully saturated rings. The Morgan fingerprint density at radius 2 is 1.77 bits per heavy atom. The number of carbonyl (C=O) groups excluding carboxylic acids is 3. The molecule has 238 valence electrons. The predicted molar refractivity (Wildman–Crippen MR) is 164 cm³/mol. The Kier molecular flexibility index (Phi) is 7.18. The second-order valence-corrected chi connectivity index (χ2v) is 15.0. The molecule has 5 aliphatic rings. The minimum atomic E-state index is -1.26. The summed E-state index contributed by atoms with van der Waals surface area (Å²) in [5.74, 6) is 0.313. The van der Waals surface area contributed by atoms with Gasteiger partial charge in [-0.25, -0.2) is 19.0 Å². The van der Waals surface area contributed by atoms with Crippen LogP contribution in [0.1, 0.15) is 96.1 Å². The van der Waals surface area contributed by atoms with Gasteiger partial charge in [0.25, 0.3) is 0 Å². The van der Waals surface area contributed by atoms with E-state index < -0.39 is 11.3 Å². The highest BCUT2D eigenvalue weighted by molar-refractivity contribution is 6.06. The van der Waals surface area contributed by atoms with E-state index in [1.54, 1.807) is 16.0 Å². The predicted octanol–water partition coefficient (Wildman–Crippen LogP) is 5.52. The number of hydrogen-bond acceptors (Lipinski definition) is 6. The number of fused-ring (bicyclic) bond motifs is 1. The van der Waals surface area contributed by atoms with Gasteiger partial charge in [-0.05, 0) is 95.3 Å². The smallest absolute Gasteiger partial charge is 0.410 e. The van der Waals surface area contributed by atoms with E-state index in [1.165, 1.54) is 18.4 Å². The van der Waals surface area contributed by atoms with E-state index in [0.717, 1.165) is 55.5 Å². The zero-order valence-electron chi connectivity index (χ0n) is 26.2. The van der Waals surface area contributed by atoms with Crippen LogP contribution >= 0.6 is 0 Å². The molecular weight excluding hydrogens is 563 g/mol. The summed E-state index contributed by atoms with van der Waals surface area (Å²) in [5, 5.41) is 3.53. The number of nitrogens with zero attached hydrogens (tertiary/aromatic N) is 5. The first-order chi connectivity index (χ1) is 20.9. The fraction of sp³-hybridized carbons (Fsp3) is 0.697. The van der Waals surface area contributed by atoms with Crippen molar-refractivity contribution in [2.24, 2.45) is 5.41 Å². The molecule has 0 radical (unpaired) electrons. The van der Waals surface area contributed by atoms with Crippen molar-refractivity contribution in [3.63, 3.8) is 0 Å². The number of alkyl halides is 1. The van der Waals surface area contributed by atoms with Crippen molar-refractivity contribution >= 4 is 34.8 Å². The van der Waals surface area contributed by atoms with Crippen LogP contribution in [0.2, 0.25) is 0 Å². The molecule has 10 nitrogen and oxygen atoms in total. The van der Waals surface area contributed by atoms with Crippen molar-refractivity contribution in [1.82, 2.24) is 24.7 Å². The number of piperidine rings is 2. The van der Waals surface area contributed by atoms with Gasteiger partial charge in [-0.15, -0.1) is 0 Å². The first kappa shape index (κ1) is 29.5. The Labute approximate surface area is 258 Å². The molecule has 3 aliphatic heterocycles. The molecule has 0 atom stereocenters. The summed E-state index contributed by atoms with van der Waals surface area (Å²) >= 11 is 0. The molecule has 2 aliphatic carbocycles. The van der Waals surface area contributed by atoms with Crippen molar-refractivity contribution in [2.45, 2.75) is 102 Å². The molecule has 0 aromatic carbocycles. The number of imide groups is 1. The molecule has 1 N–H and O–H groups in total. The molecule has 11 heteroatoms. The second-order valence-electron chi connectivity index (χ2n) is 15.0. The summed E-state index contributed by atoms with van der Waals surface area (Å²) in [6.45, 7) is 8.99. The highest BCUT2D eigenvalue weighted by Crippen LogP contribution is 2.56. The summed E-state index contributed by atoms with van der Waals surface area (Å²) in [5.41, 5.74) is 1.54. The molecule has 5 heterocycles. The molecule has 44 heavy (non-hydrogen) atoms. The number of ether oxygens (including phenoxy) is 1. The topological polar surface area (TPSA) is 100 Å². The maximum atomic E-state index is 15.8. The second kappa shape index (κ2) is 10.7. The number of rotatable bonds is 5. The van der Waals surface area contributed by atoms with E-state index in [4.69, 9.17) is 9.72 Å². The molecule has 2 aromatic heterocycles. The van der Waals surface area contributed by atoms with E-state index in [1.807, 2.05) is 20.8 Å². The minimum absolute atomic E-state index is 0.236. The van der Waals surface area contributed by atoms with Crippen molar-refractivity contribution in [2.75, 3.05) is 44.2 Å². The number of carbonyl (C=O) groups is 3. The lowest BCUT2D eigenvalue weighted by Gasteiger charge is -2.53. The summed E-state index contributed by atoms with van der Waals surface area (Å²) in [4.78, 5) is 46.9. The highest BCUT2D eigenvalue weighted by Gasteiger charge is 2.48. The Bertz CT molecular complexity index is 1450. The number of nitrogens with one attached hydrogen (secondary N) is 1. The molecule has 4 amide bonds. The molecule has 3 saturated heterocycles. The average molecular weight is 609 g/mol. The number of anilines is 1. The molecule has 7 rings (SSSR count). The van der Waals surface area contributed by atoms with Crippen molar-refractivity contribution in [3.8, 4) is 0 Å². The van der Waals surface area contributed by atoms with Crippen LogP contribution < -0.4 is 10.2 Å². The van der Waals surface area contributed by atoms with Crippen LogP contribution in [0.15, 0.2) is 18.5 Å². The Morgan fingerprint density at radius 1 is 1.07 bits per heavy atom. The van der Waals surface area contributed by atoms with E-state index in [2.05, 4.69) is 27.0 Å². The largest absolute Gasteiger partial charge is 0.444 e. The van der Waals surface area contributed by atoms with Crippen LogP contribution in [-0.2, 0) is 9.53 Å². The van der Waals surface area contributed by atoms with Crippen LogP contribution in [0, 0.1) is 5.41 Å². The molecule has 2 aromatic rings. The third-order valence-corrected chi connectivity index (χ3v) is 10.5. The van der Waals surface area contributed by atoms with Crippen LogP contribution in [0.5, 0.6) is 0 Å². The fourth-order valence-electron chi connectivity index (χ4n) is 7.81. The SMILES string of the molecule is CC(C)(C)OC(=O)N1CCC(F)(CN2CCC3(CC2)CC(n2cc(C4CC4)c4cc(N5CCC(=O)NC5=O)cnc42)C3)CC1. The molecule has 0 unspecified atom stereocenters. The molecule has 0 bridgehead atoms. The monoisotopic (exact) mass is 608 g/mol. The summed E-state index contributed by atoms with van der Waals surface area (Å²) < 4.78 is 23.7. The van der Waals surface area contributed by atoms with E-state index in [9.17, 15) is 14.4 Å². The van der Waals surface area contributed by atoms with Crippen LogP contribution in [0.3, 0.4) is 0 Å². The van der Waals surface area contributed by atoms with Gasteiger partial charge in [-0.1, -0.05) is 0 Å².